The lowest BCUT2D eigenvalue weighted by molar-refractivity contribution is 0.189. The number of nitrogens with zero attached hydrogens (tertiary/aromatic N) is 3. The second kappa shape index (κ2) is 8.51. The third kappa shape index (κ3) is 4.76. The molecule has 1 fully saturated rings. The third-order valence-corrected chi connectivity index (χ3v) is 7.32. The van der Waals surface area contributed by atoms with Crippen molar-refractivity contribution in [1.82, 2.24) is 14.2 Å². The number of carbonyl (C=O) groups excluding carboxylic acids is 1. The minimum Gasteiger partial charge on any atom is -0.315 e. The van der Waals surface area contributed by atoms with Crippen molar-refractivity contribution in [3.8, 4) is 0 Å². The Hall–Kier alpha value is -2.45. The molecule has 1 unspecified atom stereocenters. The predicted octanol–water partition coefficient (Wildman–Crippen LogP) is 3.87. The first-order chi connectivity index (χ1) is 13.7. The normalized spacial score (nSPS) is 15.4. The molecule has 2 amide bonds. The van der Waals surface area contributed by atoms with Crippen LogP contribution in [0.4, 0.5) is 10.5 Å². The molecule has 7 nitrogen and oxygen atoms in total. The van der Waals surface area contributed by atoms with Crippen molar-refractivity contribution in [1.29, 1.82) is 0 Å². The predicted molar refractivity (Wildman–Crippen MR) is 113 cm³/mol. The highest BCUT2D eigenvalue weighted by Crippen LogP contribution is 2.34. The lowest BCUT2D eigenvalue weighted by atomic mass is 10.1. The Balaban J connectivity index is 1.74. The van der Waals surface area contributed by atoms with Gasteiger partial charge in [-0.25, -0.2) is 13.2 Å². The molecule has 156 valence electrons. The summed E-state index contributed by atoms with van der Waals surface area (Å²) in [5, 5.41) is 2.90. The van der Waals surface area contributed by atoms with Crippen molar-refractivity contribution in [2.24, 2.45) is 0 Å². The molecule has 1 aliphatic carbocycles. The fourth-order valence-electron chi connectivity index (χ4n) is 3.14. The van der Waals surface area contributed by atoms with Gasteiger partial charge in [0.25, 0.3) is 0 Å². The third-order valence-electron chi connectivity index (χ3n) is 5.27. The van der Waals surface area contributed by atoms with Crippen molar-refractivity contribution >= 4 is 21.7 Å². The van der Waals surface area contributed by atoms with Crippen molar-refractivity contribution < 1.29 is 13.2 Å². The lowest BCUT2D eigenvalue weighted by Gasteiger charge is -2.29. The molecule has 1 heterocycles. The molecular formula is C21H28N4O3S. The Morgan fingerprint density at radius 1 is 1.14 bits per heavy atom. The highest BCUT2D eigenvalue weighted by atomic mass is 32.2. The molecule has 0 spiro atoms. The Morgan fingerprint density at radius 2 is 1.79 bits per heavy atom. The van der Waals surface area contributed by atoms with Crippen LogP contribution in [0.1, 0.15) is 45.2 Å². The van der Waals surface area contributed by atoms with E-state index in [4.69, 9.17) is 0 Å². The number of amides is 2. The van der Waals surface area contributed by atoms with Crippen LogP contribution >= 0.6 is 0 Å². The highest BCUT2D eigenvalue weighted by Gasteiger charge is 2.36. The monoisotopic (exact) mass is 416 g/mol. The minimum absolute atomic E-state index is 0.101. The summed E-state index contributed by atoms with van der Waals surface area (Å²) in [6.07, 6.45) is 5.45. The average molecular weight is 417 g/mol. The van der Waals surface area contributed by atoms with Gasteiger partial charge in [0.05, 0.1) is 10.9 Å². The van der Waals surface area contributed by atoms with Crippen LogP contribution in [-0.4, -0.2) is 47.8 Å². The van der Waals surface area contributed by atoms with E-state index in [0.717, 1.165) is 18.4 Å². The van der Waals surface area contributed by atoms with E-state index in [1.165, 1.54) is 16.4 Å². The summed E-state index contributed by atoms with van der Waals surface area (Å²) in [6, 6.07) is 9.90. The summed E-state index contributed by atoms with van der Waals surface area (Å²) in [4.78, 5) is 19.2. The maximum atomic E-state index is 13.0. The molecule has 1 aromatic carbocycles. The van der Waals surface area contributed by atoms with Gasteiger partial charge in [-0.3, -0.25) is 4.98 Å². The number of hydrogen-bond acceptors (Lipinski definition) is 4. The lowest BCUT2D eigenvalue weighted by Crippen LogP contribution is -2.38. The summed E-state index contributed by atoms with van der Waals surface area (Å²) in [5.74, 6) is 0. The zero-order valence-electron chi connectivity index (χ0n) is 17.2. The molecule has 0 saturated heterocycles. The molecule has 1 N–H and O–H groups in total. The van der Waals surface area contributed by atoms with E-state index in [2.05, 4.69) is 10.3 Å². The molecule has 1 atom stereocenters. The fraction of sp³-hybridized carbons (Fsp3) is 0.429. The van der Waals surface area contributed by atoms with E-state index in [0.29, 0.717) is 5.69 Å². The fourth-order valence-corrected chi connectivity index (χ4v) is 4.50. The van der Waals surface area contributed by atoms with Gasteiger partial charge in [0.15, 0.2) is 0 Å². The van der Waals surface area contributed by atoms with Gasteiger partial charge in [-0.15, -0.1) is 0 Å². The molecular weight excluding hydrogens is 388 g/mol. The van der Waals surface area contributed by atoms with Crippen LogP contribution in [0.25, 0.3) is 0 Å². The second-order valence-electron chi connectivity index (χ2n) is 7.67. The molecule has 29 heavy (non-hydrogen) atoms. The van der Waals surface area contributed by atoms with Crippen LogP contribution in [0, 0.1) is 0 Å². The van der Waals surface area contributed by atoms with Crippen molar-refractivity contribution in [2.75, 3.05) is 12.4 Å². The number of benzene rings is 1. The van der Waals surface area contributed by atoms with Crippen LogP contribution in [0.15, 0.2) is 53.7 Å². The molecule has 1 aliphatic rings. The van der Waals surface area contributed by atoms with E-state index in [1.807, 2.05) is 37.8 Å². The van der Waals surface area contributed by atoms with E-state index in [1.54, 1.807) is 31.6 Å². The van der Waals surface area contributed by atoms with Gasteiger partial charge in [0.2, 0.25) is 10.0 Å². The number of carbonyl (C=O) groups is 1. The number of sulfonamides is 1. The van der Waals surface area contributed by atoms with Crippen LogP contribution in [0.3, 0.4) is 0 Å². The molecule has 2 aromatic rings. The Bertz CT molecular complexity index is 942. The smallest absolute Gasteiger partial charge is 0.315 e. The van der Waals surface area contributed by atoms with Gasteiger partial charge in [-0.2, -0.15) is 4.31 Å². The maximum absolute atomic E-state index is 13.0. The largest absolute Gasteiger partial charge is 0.322 e. The summed E-state index contributed by atoms with van der Waals surface area (Å²) in [7, 11) is -1.99. The summed E-state index contributed by atoms with van der Waals surface area (Å²) in [5.41, 5.74) is 1.54. The van der Waals surface area contributed by atoms with Gasteiger partial charge in [-0.1, -0.05) is 6.07 Å². The maximum Gasteiger partial charge on any atom is 0.322 e. The van der Waals surface area contributed by atoms with Crippen molar-refractivity contribution in [2.45, 2.75) is 56.6 Å². The first-order valence-corrected chi connectivity index (χ1v) is 11.2. The highest BCUT2D eigenvalue weighted by molar-refractivity contribution is 7.89. The van der Waals surface area contributed by atoms with Crippen LogP contribution in [0.5, 0.6) is 0 Å². The van der Waals surface area contributed by atoms with E-state index in [-0.39, 0.29) is 29.1 Å². The Morgan fingerprint density at radius 3 is 2.31 bits per heavy atom. The Kier molecular flexibility index (Phi) is 6.24. The van der Waals surface area contributed by atoms with Crippen molar-refractivity contribution in [3.05, 3.63) is 54.4 Å². The Labute approximate surface area is 172 Å². The molecule has 1 aromatic heterocycles. The van der Waals surface area contributed by atoms with Gasteiger partial charge >= 0.3 is 6.03 Å². The SMILES string of the molecule is CC(c1cccnc1)N(C(=O)Nc1ccc(S(=O)(=O)N(C)C(C)C)cc1)C1CC1. The number of anilines is 1. The molecule has 0 radical (unpaired) electrons. The average Bonchev–Trinajstić information content (AvgIpc) is 3.53. The zero-order chi connectivity index (χ0) is 21.2. The summed E-state index contributed by atoms with van der Waals surface area (Å²) < 4.78 is 26.5. The zero-order valence-corrected chi connectivity index (χ0v) is 18.1. The van der Waals surface area contributed by atoms with Crippen LogP contribution in [-0.2, 0) is 10.0 Å². The number of urea groups is 1. The molecule has 0 aliphatic heterocycles. The number of pyridine rings is 1. The van der Waals surface area contributed by atoms with Crippen LogP contribution < -0.4 is 5.32 Å². The number of rotatable bonds is 7. The molecule has 1 saturated carbocycles. The standard InChI is InChI=1S/C21H28N4O3S/c1-15(2)24(4)29(27,28)20-11-7-18(8-12-20)23-21(26)25(19-9-10-19)16(3)17-6-5-13-22-14-17/h5-8,11-16,19H,9-10H2,1-4H3,(H,23,26). The van der Waals surface area contributed by atoms with Crippen molar-refractivity contribution in [3.63, 3.8) is 0 Å². The van der Waals surface area contributed by atoms with Gasteiger partial charge < -0.3 is 10.2 Å². The number of nitrogens with one attached hydrogen (secondary N) is 1. The number of hydrogen-bond donors (Lipinski definition) is 1. The molecule has 8 heteroatoms. The number of aromatic nitrogens is 1. The summed E-state index contributed by atoms with van der Waals surface area (Å²) >= 11 is 0. The summed E-state index contributed by atoms with van der Waals surface area (Å²) in [6.45, 7) is 5.64. The van der Waals surface area contributed by atoms with Gasteiger partial charge in [0, 0.05) is 37.2 Å². The molecule has 3 rings (SSSR count). The quantitative estimate of drug-likeness (QED) is 0.743. The van der Waals surface area contributed by atoms with E-state index in [9.17, 15) is 13.2 Å². The van der Waals surface area contributed by atoms with E-state index >= 15 is 0 Å². The van der Waals surface area contributed by atoms with Gasteiger partial charge in [-0.05, 0) is 69.5 Å². The molecule has 0 bridgehead atoms. The minimum atomic E-state index is -3.55. The van der Waals surface area contributed by atoms with E-state index < -0.39 is 10.0 Å². The second-order valence-corrected chi connectivity index (χ2v) is 9.67. The first kappa shape index (κ1) is 21.3. The first-order valence-electron chi connectivity index (χ1n) is 9.79. The topological polar surface area (TPSA) is 82.6 Å². The van der Waals surface area contributed by atoms with Gasteiger partial charge in [0.1, 0.15) is 0 Å². The van der Waals surface area contributed by atoms with Crippen LogP contribution in [0.2, 0.25) is 0 Å².